The van der Waals surface area contributed by atoms with Gasteiger partial charge in [-0.3, -0.25) is 4.90 Å². The summed E-state index contributed by atoms with van der Waals surface area (Å²) in [4.78, 5) is 16.4. The lowest BCUT2D eigenvalue weighted by molar-refractivity contribution is -0.141. The first-order valence-electron chi connectivity index (χ1n) is 9.27. The van der Waals surface area contributed by atoms with Gasteiger partial charge in [0.1, 0.15) is 17.8 Å². The summed E-state index contributed by atoms with van der Waals surface area (Å²) in [7, 11) is 1.95. The molecule has 0 aromatic carbocycles. The topological polar surface area (TPSA) is 50.1 Å². The standard InChI is InChI=1S/C18H23F3N6/c1-25-9-13(24-12-25)10-26-6-4-15(5-7-26)27(14-2-3-14)17-8-16(18(19,20)21)22-11-23-17/h8-9,11-12,14-15H,2-7,10H2,1H3. The minimum Gasteiger partial charge on any atom is -0.350 e. The monoisotopic (exact) mass is 380 g/mol. The number of hydrogen-bond acceptors (Lipinski definition) is 5. The number of aryl methyl sites for hydroxylation is 1. The van der Waals surface area contributed by atoms with E-state index in [1.165, 1.54) is 0 Å². The fourth-order valence-corrected chi connectivity index (χ4v) is 3.80. The Labute approximate surface area is 156 Å². The van der Waals surface area contributed by atoms with Gasteiger partial charge >= 0.3 is 6.18 Å². The Morgan fingerprint density at radius 2 is 1.78 bits per heavy atom. The molecule has 27 heavy (non-hydrogen) atoms. The Balaban J connectivity index is 1.44. The zero-order valence-corrected chi connectivity index (χ0v) is 15.2. The van der Waals surface area contributed by atoms with Crippen molar-refractivity contribution in [1.29, 1.82) is 0 Å². The van der Waals surface area contributed by atoms with Crippen molar-refractivity contribution in [2.24, 2.45) is 7.05 Å². The maximum absolute atomic E-state index is 13.0. The van der Waals surface area contributed by atoms with Crippen molar-refractivity contribution in [3.63, 3.8) is 0 Å². The van der Waals surface area contributed by atoms with E-state index in [9.17, 15) is 13.2 Å². The second-order valence-corrected chi connectivity index (χ2v) is 7.44. The molecule has 0 radical (unpaired) electrons. The Hall–Kier alpha value is -2.16. The molecule has 0 unspecified atom stereocenters. The molecule has 146 valence electrons. The van der Waals surface area contributed by atoms with Gasteiger partial charge in [-0.25, -0.2) is 15.0 Å². The summed E-state index contributed by atoms with van der Waals surface area (Å²) in [6.07, 6.45) is 4.25. The summed E-state index contributed by atoms with van der Waals surface area (Å²) >= 11 is 0. The molecule has 2 aromatic rings. The van der Waals surface area contributed by atoms with Crippen LogP contribution in [0.15, 0.2) is 24.9 Å². The summed E-state index contributed by atoms with van der Waals surface area (Å²) in [5.74, 6) is 0.406. The highest BCUT2D eigenvalue weighted by molar-refractivity contribution is 5.44. The number of aromatic nitrogens is 4. The molecule has 1 saturated heterocycles. The molecule has 2 aromatic heterocycles. The maximum Gasteiger partial charge on any atom is 0.433 e. The zero-order valence-electron chi connectivity index (χ0n) is 15.2. The van der Waals surface area contributed by atoms with Crippen molar-refractivity contribution >= 4 is 5.82 Å². The quantitative estimate of drug-likeness (QED) is 0.798. The fourth-order valence-electron chi connectivity index (χ4n) is 3.80. The minimum atomic E-state index is -4.45. The molecule has 0 amide bonds. The molecule has 0 spiro atoms. The Bertz CT molecular complexity index is 777. The number of anilines is 1. The molecule has 2 fully saturated rings. The SMILES string of the molecule is Cn1cnc(CN2CCC(N(c3cc(C(F)(F)F)ncn3)C3CC3)CC2)c1. The molecular weight excluding hydrogens is 357 g/mol. The van der Waals surface area contributed by atoms with Gasteiger partial charge in [0.15, 0.2) is 0 Å². The average Bonchev–Trinajstić information content (AvgIpc) is 3.38. The van der Waals surface area contributed by atoms with Crippen molar-refractivity contribution in [3.05, 3.63) is 36.3 Å². The molecule has 1 saturated carbocycles. The predicted molar refractivity (Wildman–Crippen MR) is 94.0 cm³/mol. The number of hydrogen-bond donors (Lipinski definition) is 0. The fraction of sp³-hybridized carbons (Fsp3) is 0.611. The van der Waals surface area contributed by atoms with Crippen LogP contribution in [-0.4, -0.2) is 49.6 Å². The van der Waals surface area contributed by atoms with E-state index in [1.54, 1.807) is 6.33 Å². The number of likely N-dealkylation sites (tertiary alicyclic amines) is 1. The third-order valence-electron chi connectivity index (χ3n) is 5.24. The van der Waals surface area contributed by atoms with Gasteiger partial charge in [0.25, 0.3) is 0 Å². The molecule has 6 nitrogen and oxygen atoms in total. The highest BCUT2D eigenvalue weighted by atomic mass is 19.4. The van der Waals surface area contributed by atoms with E-state index in [0.29, 0.717) is 11.9 Å². The average molecular weight is 380 g/mol. The number of imidazole rings is 1. The van der Waals surface area contributed by atoms with Gasteiger partial charge in [0, 0.05) is 51.0 Å². The number of rotatable bonds is 5. The summed E-state index contributed by atoms with van der Waals surface area (Å²) in [6, 6.07) is 1.61. The van der Waals surface area contributed by atoms with Crippen LogP contribution in [0.5, 0.6) is 0 Å². The molecule has 4 rings (SSSR count). The Morgan fingerprint density at radius 1 is 1.07 bits per heavy atom. The molecule has 0 atom stereocenters. The van der Waals surface area contributed by atoms with Gasteiger partial charge in [-0.15, -0.1) is 0 Å². The first kappa shape index (κ1) is 18.2. The molecule has 0 N–H and O–H groups in total. The number of halogens is 3. The second kappa shape index (κ2) is 7.10. The van der Waals surface area contributed by atoms with Crippen LogP contribution in [0.25, 0.3) is 0 Å². The molecule has 1 aliphatic carbocycles. The smallest absolute Gasteiger partial charge is 0.350 e. The van der Waals surface area contributed by atoms with Gasteiger partial charge in [-0.2, -0.15) is 13.2 Å². The molecule has 9 heteroatoms. The summed E-state index contributed by atoms with van der Waals surface area (Å²) in [6.45, 7) is 2.62. The van der Waals surface area contributed by atoms with Crippen molar-refractivity contribution in [2.75, 3.05) is 18.0 Å². The van der Waals surface area contributed by atoms with Gasteiger partial charge < -0.3 is 9.47 Å². The van der Waals surface area contributed by atoms with Gasteiger partial charge in [-0.1, -0.05) is 0 Å². The second-order valence-electron chi connectivity index (χ2n) is 7.44. The molecular formula is C18H23F3N6. The maximum atomic E-state index is 13.0. The zero-order chi connectivity index (χ0) is 19.0. The normalized spacial score (nSPS) is 19.4. The van der Waals surface area contributed by atoms with Crippen LogP contribution < -0.4 is 4.90 Å². The highest BCUT2D eigenvalue weighted by Crippen LogP contribution is 2.37. The summed E-state index contributed by atoms with van der Waals surface area (Å²) in [5.41, 5.74) is 0.173. The molecule has 0 bridgehead atoms. The highest BCUT2D eigenvalue weighted by Gasteiger charge is 2.38. The summed E-state index contributed by atoms with van der Waals surface area (Å²) in [5, 5.41) is 0. The van der Waals surface area contributed by atoms with Crippen molar-refractivity contribution in [3.8, 4) is 0 Å². The van der Waals surface area contributed by atoms with Crippen molar-refractivity contribution < 1.29 is 13.2 Å². The molecule has 1 aliphatic heterocycles. The third kappa shape index (κ3) is 4.23. The van der Waals surface area contributed by atoms with Crippen molar-refractivity contribution in [1.82, 2.24) is 24.4 Å². The van der Waals surface area contributed by atoms with E-state index >= 15 is 0 Å². The van der Waals surface area contributed by atoms with Crippen LogP contribution in [0, 0.1) is 0 Å². The van der Waals surface area contributed by atoms with Gasteiger partial charge in [0.2, 0.25) is 0 Å². The van der Waals surface area contributed by atoms with E-state index in [2.05, 4.69) is 24.8 Å². The molecule has 2 aliphatic rings. The first-order valence-corrected chi connectivity index (χ1v) is 9.27. The summed E-state index contributed by atoms with van der Waals surface area (Å²) < 4.78 is 41.0. The van der Waals surface area contributed by atoms with E-state index in [-0.39, 0.29) is 6.04 Å². The van der Waals surface area contributed by atoms with Crippen LogP contribution in [0.4, 0.5) is 19.0 Å². The van der Waals surface area contributed by atoms with Crippen LogP contribution >= 0.6 is 0 Å². The van der Waals surface area contributed by atoms with Crippen molar-refractivity contribution in [2.45, 2.75) is 50.5 Å². The lowest BCUT2D eigenvalue weighted by atomic mass is 10.0. The van der Waals surface area contributed by atoms with Crippen LogP contribution in [0.2, 0.25) is 0 Å². The third-order valence-corrected chi connectivity index (χ3v) is 5.24. The number of piperidine rings is 1. The van der Waals surface area contributed by atoms with E-state index < -0.39 is 11.9 Å². The van der Waals surface area contributed by atoms with E-state index in [4.69, 9.17) is 0 Å². The lowest BCUT2D eigenvalue weighted by Crippen LogP contribution is -2.46. The first-order chi connectivity index (χ1) is 12.9. The number of nitrogens with zero attached hydrogens (tertiary/aromatic N) is 6. The lowest BCUT2D eigenvalue weighted by Gasteiger charge is -2.39. The van der Waals surface area contributed by atoms with Crippen LogP contribution in [-0.2, 0) is 19.8 Å². The minimum absolute atomic E-state index is 0.216. The van der Waals surface area contributed by atoms with E-state index in [1.807, 2.05) is 17.8 Å². The van der Waals surface area contributed by atoms with Gasteiger partial charge in [0.05, 0.1) is 12.0 Å². The Morgan fingerprint density at radius 3 is 2.37 bits per heavy atom. The largest absolute Gasteiger partial charge is 0.433 e. The van der Waals surface area contributed by atoms with E-state index in [0.717, 1.165) is 63.4 Å². The molecule has 3 heterocycles. The Kier molecular flexibility index (Phi) is 4.79. The number of alkyl halides is 3. The van der Waals surface area contributed by atoms with Crippen LogP contribution in [0.1, 0.15) is 37.1 Å². The van der Waals surface area contributed by atoms with Gasteiger partial charge in [-0.05, 0) is 25.7 Å². The van der Waals surface area contributed by atoms with Crippen LogP contribution in [0.3, 0.4) is 0 Å². The predicted octanol–water partition coefficient (Wildman–Crippen LogP) is 2.86.